The van der Waals surface area contributed by atoms with Crippen LogP contribution in [0.5, 0.6) is 0 Å². The molecule has 0 unspecified atom stereocenters. The Bertz CT molecular complexity index is 500. The van der Waals surface area contributed by atoms with Crippen molar-refractivity contribution < 1.29 is 9.72 Å². The van der Waals surface area contributed by atoms with E-state index in [1.54, 1.807) is 25.3 Å². The summed E-state index contributed by atoms with van der Waals surface area (Å²) in [6.45, 7) is 5.82. The van der Waals surface area contributed by atoms with Gasteiger partial charge in [0, 0.05) is 18.2 Å². The lowest BCUT2D eigenvalue weighted by molar-refractivity contribution is -0.387. The number of hydrogen-bond acceptors (Lipinski definition) is 4. The summed E-state index contributed by atoms with van der Waals surface area (Å²) in [5, 5.41) is 13.5. The Kier molecular flexibility index (Phi) is 4.91. The van der Waals surface area contributed by atoms with Gasteiger partial charge in [0.05, 0.1) is 9.82 Å². The van der Waals surface area contributed by atoms with E-state index >= 15 is 0 Å². The molecule has 0 fully saturated rings. The molecule has 0 saturated carbocycles. The second-order valence-corrected chi connectivity index (χ2v) is 4.63. The lowest BCUT2D eigenvalue weighted by Crippen LogP contribution is -2.24. The molecule has 0 bridgehead atoms. The molecule has 0 aromatic heterocycles. The lowest BCUT2D eigenvalue weighted by atomic mass is 10.2. The summed E-state index contributed by atoms with van der Waals surface area (Å²) in [6, 6.07) is 4.45. The summed E-state index contributed by atoms with van der Waals surface area (Å²) in [5.74, 6) is -0.339. The first-order valence-corrected chi connectivity index (χ1v) is 6.43. The molecular weight excluding hydrogens is 252 g/mol. The van der Waals surface area contributed by atoms with Crippen LogP contribution < -0.4 is 5.32 Å². The Labute approximate surface area is 109 Å². The predicted octanol–water partition coefficient (Wildman–Crippen LogP) is 2.62. The second-order valence-electron chi connectivity index (χ2n) is 3.78. The van der Waals surface area contributed by atoms with Gasteiger partial charge in [0.1, 0.15) is 0 Å². The van der Waals surface area contributed by atoms with Crippen molar-refractivity contribution in [3.05, 3.63) is 46.0 Å². The van der Waals surface area contributed by atoms with E-state index in [-0.39, 0.29) is 17.2 Å². The van der Waals surface area contributed by atoms with Gasteiger partial charge in [0.2, 0.25) is 0 Å². The first kappa shape index (κ1) is 14.2. The van der Waals surface area contributed by atoms with Crippen LogP contribution in [-0.2, 0) is 0 Å². The average Bonchev–Trinajstić information content (AvgIpc) is 2.34. The van der Waals surface area contributed by atoms with Crippen molar-refractivity contribution in [1.29, 1.82) is 0 Å². The van der Waals surface area contributed by atoms with E-state index in [0.717, 1.165) is 5.57 Å². The summed E-state index contributed by atoms with van der Waals surface area (Å²) in [4.78, 5) is 22.7. The van der Waals surface area contributed by atoms with Gasteiger partial charge in [-0.25, -0.2) is 0 Å². The Hall–Kier alpha value is -1.82. The minimum atomic E-state index is -0.485. The summed E-state index contributed by atoms with van der Waals surface area (Å²) in [6.07, 6.45) is 1.75. The van der Waals surface area contributed by atoms with Crippen LogP contribution >= 0.6 is 11.8 Å². The van der Waals surface area contributed by atoms with Gasteiger partial charge in [-0.1, -0.05) is 12.2 Å². The number of benzene rings is 1. The smallest absolute Gasteiger partial charge is 0.283 e. The molecule has 0 aliphatic rings. The van der Waals surface area contributed by atoms with Gasteiger partial charge < -0.3 is 5.32 Å². The normalized spacial score (nSPS) is 9.89. The molecule has 0 heterocycles. The minimum absolute atomic E-state index is 0.0505. The van der Waals surface area contributed by atoms with Crippen molar-refractivity contribution in [1.82, 2.24) is 5.32 Å². The van der Waals surface area contributed by atoms with E-state index in [2.05, 4.69) is 11.9 Å². The van der Waals surface area contributed by atoms with Crippen molar-refractivity contribution in [2.24, 2.45) is 0 Å². The number of nitrogens with zero attached hydrogens (tertiary/aromatic N) is 1. The molecule has 0 aliphatic heterocycles. The molecule has 0 saturated heterocycles. The number of nitro benzene ring substituents is 1. The Balaban J connectivity index is 2.97. The summed E-state index contributed by atoms with van der Waals surface area (Å²) in [5.41, 5.74) is 1.05. The Morgan fingerprint density at radius 2 is 2.22 bits per heavy atom. The third-order valence-electron chi connectivity index (χ3n) is 2.19. The van der Waals surface area contributed by atoms with Crippen LogP contribution in [0.2, 0.25) is 0 Å². The number of rotatable bonds is 5. The fourth-order valence-electron chi connectivity index (χ4n) is 1.31. The van der Waals surface area contributed by atoms with Crippen LogP contribution in [0.15, 0.2) is 35.2 Å². The zero-order valence-corrected chi connectivity index (χ0v) is 11.0. The van der Waals surface area contributed by atoms with Gasteiger partial charge in [0.15, 0.2) is 0 Å². The molecular formula is C12H14N2O3S. The van der Waals surface area contributed by atoms with E-state index < -0.39 is 4.92 Å². The zero-order valence-electron chi connectivity index (χ0n) is 10.2. The third-order valence-corrected chi connectivity index (χ3v) is 2.97. The van der Waals surface area contributed by atoms with Crippen LogP contribution in [0.4, 0.5) is 5.69 Å². The van der Waals surface area contributed by atoms with Gasteiger partial charge >= 0.3 is 0 Å². The van der Waals surface area contributed by atoms with Crippen LogP contribution in [-0.4, -0.2) is 23.6 Å². The Morgan fingerprint density at radius 1 is 1.56 bits per heavy atom. The van der Waals surface area contributed by atoms with E-state index in [1.165, 1.54) is 17.8 Å². The standard InChI is InChI=1S/C12H14N2O3S/c1-8(2)7-13-12(15)9-4-5-11(18-3)10(6-9)14(16)17/h4-6H,1,7H2,2-3H3,(H,13,15). The lowest BCUT2D eigenvalue weighted by Gasteiger charge is -2.06. The molecule has 1 aromatic rings. The van der Waals surface area contributed by atoms with Crippen LogP contribution in [0.25, 0.3) is 0 Å². The van der Waals surface area contributed by atoms with Gasteiger partial charge in [-0.2, -0.15) is 0 Å². The molecule has 1 rings (SSSR count). The fraction of sp³-hybridized carbons (Fsp3) is 0.250. The first-order valence-electron chi connectivity index (χ1n) is 5.20. The third kappa shape index (κ3) is 3.59. The minimum Gasteiger partial charge on any atom is -0.348 e. The number of amides is 1. The zero-order chi connectivity index (χ0) is 13.7. The van der Waals surface area contributed by atoms with Gasteiger partial charge in [-0.15, -0.1) is 11.8 Å². The summed E-state index contributed by atoms with van der Waals surface area (Å²) < 4.78 is 0. The number of carbonyl (C=O) groups is 1. The van der Waals surface area contributed by atoms with Crippen LogP contribution in [0, 0.1) is 10.1 Å². The molecule has 96 valence electrons. The molecule has 1 N–H and O–H groups in total. The number of nitrogens with one attached hydrogen (secondary N) is 1. The topological polar surface area (TPSA) is 72.2 Å². The molecule has 1 amide bonds. The monoisotopic (exact) mass is 266 g/mol. The van der Waals surface area contributed by atoms with Gasteiger partial charge in [-0.3, -0.25) is 14.9 Å². The molecule has 0 aliphatic carbocycles. The highest BCUT2D eigenvalue weighted by molar-refractivity contribution is 7.98. The van der Waals surface area contributed by atoms with Crippen LogP contribution in [0.1, 0.15) is 17.3 Å². The maximum atomic E-state index is 11.7. The quantitative estimate of drug-likeness (QED) is 0.385. The van der Waals surface area contributed by atoms with E-state index in [9.17, 15) is 14.9 Å². The molecule has 5 nitrogen and oxygen atoms in total. The largest absolute Gasteiger partial charge is 0.348 e. The van der Waals surface area contributed by atoms with Crippen molar-refractivity contribution >= 4 is 23.4 Å². The number of hydrogen-bond donors (Lipinski definition) is 1. The van der Waals surface area contributed by atoms with Crippen molar-refractivity contribution in [3.8, 4) is 0 Å². The summed E-state index contributed by atoms with van der Waals surface area (Å²) in [7, 11) is 0. The maximum absolute atomic E-state index is 11.7. The molecule has 1 aromatic carbocycles. The highest BCUT2D eigenvalue weighted by Gasteiger charge is 2.16. The van der Waals surface area contributed by atoms with E-state index in [0.29, 0.717) is 11.4 Å². The highest BCUT2D eigenvalue weighted by atomic mass is 32.2. The highest BCUT2D eigenvalue weighted by Crippen LogP contribution is 2.28. The van der Waals surface area contributed by atoms with E-state index in [1.807, 2.05) is 0 Å². The molecule has 6 heteroatoms. The fourth-order valence-corrected chi connectivity index (χ4v) is 1.85. The molecule has 18 heavy (non-hydrogen) atoms. The number of nitro groups is 1. The SMILES string of the molecule is C=C(C)CNC(=O)c1ccc(SC)c([N+](=O)[O-])c1. The molecule has 0 radical (unpaired) electrons. The number of carbonyl (C=O) groups excluding carboxylic acids is 1. The van der Waals surface area contributed by atoms with Crippen molar-refractivity contribution in [2.75, 3.05) is 12.8 Å². The second kappa shape index (κ2) is 6.20. The van der Waals surface area contributed by atoms with Crippen LogP contribution in [0.3, 0.4) is 0 Å². The summed E-state index contributed by atoms with van der Waals surface area (Å²) >= 11 is 1.27. The molecule has 0 spiro atoms. The van der Waals surface area contributed by atoms with Crippen molar-refractivity contribution in [3.63, 3.8) is 0 Å². The van der Waals surface area contributed by atoms with Gasteiger partial charge in [-0.05, 0) is 25.3 Å². The predicted molar refractivity (Wildman–Crippen MR) is 72.0 cm³/mol. The van der Waals surface area contributed by atoms with Crippen molar-refractivity contribution in [2.45, 2.75) is 11.8 Å². The first-order chi connectivity index (χ1) is 8.45. The molecule has 0 atom stereocenters. The van der Waals surface area contributed by atoms with Gasteiger partial charge in [0.25, 0.3) is 11.6 Å². The van der Waals surface area contributed by atoms with E-state index in [4.69, 9.17) is 0 Å². The number of thioether (sulfide) groups is 1. The average molecular weight is 266 g/mol. The maximum Gasteiger partial charge on any atom is 0.283 e. The Morgan fingerprint density at radius 3 is 2.72 bits per heavy atom.